The molecule has 0 saturated heterocycles. The van der Waals surface area contributed by atoms with Gasteiger partial charge in [-0.15, -0.1) is 0 Å². The summed E-state index contributed by atoms with van der Waals surface area (Å²) in [7, 11) is -3.53. The van der Waals surface area contributed by atoms with Gasteiger partial charge < -0.3 is 5.11 Å². The van der Waals surface area contributed by atoms with Crippen LogP contribution in [0.3, 0.4) is 0 Å². The van der Waals surface area contributed by atoms with Crippen LogP contribution < -0.4 is 4.72 Å². The topological polar surface area (TPSA) is 66.4 Å². The van der Waals surface area contributed by atoms with Gasteiger partial charge in [-0.2, -0.15) is 0 Å². The zero-order chi connectivity index (χ0) is 14.0. The summed E-state index contributed by atoms with van der Waals surface area (Å²) >= 11 is 3.31. The van der Waals surface area contributed by atoms with Gasteiger partial charge in [0, 0.05) is 11.0 Å². The Morgan fingerprint density at radius 1 is 1.42 bits per heavy atom. The molecule has 1 saturated carbocycles. The molecule has 0 heterocycles. The molecule has 0 amide bonds. The van der Waals surface area contributed by atoms with Crippen LogP contribution in [0, 0.1) is 12.8 Å². The lowest BCUT2D eigenvalue weighted by Crippen LogP contribution is -2.32. The van der Waals surface area contributed by atoms with Gasteiger partial charge in [0.2, 0.25) is 10.0 Å². The van der Waals surface area contributed by atoms with Crippen molar-refractivity contribution in [3.05, 3.63) is 28.2 Å². The minimum absolute atomic E-state index is 0.0263. The first kappa shape index (κ1) is 15.0. The summed E-state index contributed by atoms with van der Waals surface area (Å²) in [5.74, 6) is 0.0263. The summed E-state index contributed by atoms with van der Waals surface area (Å²) in [5, 5.41) is 9.71. The quantitative estimate of drug-likeness (QED) is 0.877. The molecule has 106 valence electrons. The maximum absolute atomic E-state index is 12.2. The number of rotatable bonds is 4. The molecule has 1 fully saturated rings. The van der Waals surface area contributed by atoms with Crippen LogP contribution in [-0.2, 0) is 10.0 Å². The number of halogens is 1. The maximum Gasteiger partial charge on any atom is 0.241 e. The highest BCUT2D eigenvalue weighted by atomic mass is 79.9. The van der Waals surface area contributed by atoms with E-state index in [9.17, 15) is 13.5 Å². The van der Waals surface area contributed by atoms with Crippen LogP contribution in [0.1, 0.15) is 24.8 Å². The normalized spacial score (nSPS) is 23.7. The van der Waals surface area contributed by atoms with Crippen molar-refractivity contribution in [2.75, 3.05) is 6.54 Å². The minimum Gasteiger partial charge on any atom is -0.393 e. The fraction of sp³-hybridized carbons (Fsp3) is 0.538. The molecule has 0 bridgehead atoms. The SMILES string of the molecule is Cc1cccc(S(=O)(=O)NC[C@@H]2CCC[C@@H]2O)c1Br. The van der Waals surface area contributed by atoms with Gasteiger partial charge in [-0.25, -0.2) is 13.1 Å². The lowest BCUT2D eigenvalue weighted by Gasteiger charge is -2.16. The molecule has 2 atom stereocenters. The van der Waals surface area contributed by atoms with E-state index in [0.29, 0.717) is 11.0 Å². The van der Waals surface area contributed by atoms with Crippen molar-refractivity contribution in [3.8, 4) is 0 Å². The molecular formula is C13H18BrNO3S. The van der Waals surface area contributed by atoms with Crippen LogP contribution in [0.15, 0.2) is 27.6 Å². The third kappa shape index (κ3) is 3.37. The van der Waals surface area contributed by atoms with Crippen molar-refractivity contribution in [2.24, 2.45) is 5.92 Å². The van der Waals surface area contributed by atoms with Gasteiger partial charge in [0.1, 0.15) is 0 Å². The summed E-state index contributed by atoms with van der Waals surface area (Å²) in [5.41, 5.74) is 0.878. The van der Waals surface area contributed by atoms with E-state index in [2.05, 4.69) is 20.7 Å². The first-order valence-corrected chi connectivity index (χ1v) is 8.62. The summed E-state index contributed by atoms with van der Waals surface area (Å²) in [6, 6.07) is 5.15. The number of hydrogen-bond acceptors (Lipinski definition) is 3. The van der Waals surface area contributed by atoms with E-state index in [-0.39, 0.29) is 16.9 Å². The second-order valence-electron chi connectivity index (χ2n) is 5.00. The molecule has 1 aromatic carbocycles. The molecule has 1 aliphatic carbocycles. The number of sulfonamides is 1. The van der Waals surface area contributed by atoms with E-state index >= 15 is 0 Å². The fourth-order valence-corrected chi connectivity index (χ4v) is 4.53. The van der Waals surface area contributed by atoms with Gasteiger partial charge in [0.25, 0.3) is 0 Å². The number of nitrogens with one attached hydrogen (secondary N) is 1. The zero-order valence-electron chi connectivity index (χ0n) is 10.8. The lowest BCUT2D eigenvalue weighted by molar-refractivity contribution is 0.134. The van der Waals surface area contributed by atoms with Crippen LogP contribution in [0.2, 0.25) is 0 Å². The van der Waals surface area contributed by atoms with E-state index in [4.69, 9.17) is 0 Å². The lowest BCUT2D eigenvalue weighted by atomic mass is 10.1. The van der Waals surface area contributed by atoms with E-state index in [1.165, 1.54) is 0 Å². The fourth-order valence-electron chi connectivity index (χ4n) is 2.38. The standard InChI is InChI=1S/C13H18BrNO3S/c1-9-4-2-7-12(13(9)14)19(17,18)15-8-10-5-3-6-11(10)16/h2,4,7,10-11,15-16H,3,5-6,8H2,1H3/t10-,11-/m0/s1. The summed E-state index contributed by atoms with van der Waals surface area (Å²) < 4.78 is 27.7. The molecule has 2 N–H and O–H groups in total. The first-order chi connectivity index (χ1) is 8.92. The molecule has 1 aromatic rings. The average Bonchev–Trinajstić information content (AvgIpc) is 2.76. The Hall–Kier alpha value is -0.430. The molecule has 0 spiro atoms. The second-order valence-corrected chi connectivity index (χ2v) is 7.53. The Labute approximate surface area is 122 Å². The summed E-state index contributed by atoms with van der Waals surface area (Å²) in [4.78, 5) is 0.250. The molecule has 2 rings (SSSR count). The van der Waals surface area contributed by atoms with Gasteiger partial charge in [-0.1, -0.05) is 18.6 Å². The molecule has 0 aromatic heterocycles. The number of hydrogen-bond donors (Lipinski definition) is 2. The number of aryl methyl sites for hydroxylation is 1. The third-order valence-electron chi connectivity index (χ3n) is 3.60. The van der Waals surface area contributed by atoms with Gasteiger partial charge in [-0.3, -0.25) is 0 Å². The predicted octanol–water partition coefficient (Wildman–Crippen LogP) is 2.20. The Kier molecular flexibility index (Phi) is 4.66. The van der Waals surface area contributed by atoms with Crippen LogP contribution in [0.4, 0.5) is 0 Å². The van der Waals surface area contributed by atoms with Crippen molar-refractivity contribution in [1.82, 2.24) is 4.72 Å². The largest absolute Gasteiger partial charge is 0.393 e. The van der Waals surface area contributed by atoms with E-state index < -0.39 is 10.0 Å². The van der Waals surface area contributed by atoms with Crippen LogP contribution in [0.25, 0.3) is 0 Å². The molecule has 19 heavy (non-hydrogen) atoms. The predicted molar refractivity (Wildman–Crippen MR) is 77.4 cm³/mol. The van der Waals surface area contributed by atoms with Gasteiger partial charge >= 0.3 is 0 Å². The van der Waals surface area contributed by atoms with Crippen molar-refractivity contribution in [1.29, 1.82) is 0 Å². The molecule has 0 unspecified atom stereocenters. The monoisotopic (exact) mass is 347 g/mol. The summed E-state index contributed by atoms with van der Waals surface area (Å²) in [6.45, 7) is 2.15. The molecule has 0 radical (unpaired) electrons. The minimum atomic E-state index is -3.53. The molecule has 0 aliphatic heterocycles. The first-order valence-electron chi connectivity index (χ1n) is 6.34. The van der Waals surface area contributed by atoms with Crippen LogP contribution in [0.5, 0.6) is 0 Å². The van der Waals surface area contributed by atoms with E-state index in [0.717, 1.165) is 24.8 Å². The van der Waals surface area contributed by atoms with Crippen LogP contribution in [-0.4, -0.2) is 26.2 Å². The van der Waals surface area contributed by atoms with Gasteiger partial charge in [0.05, 0.1) is 11.0 Å². The van der Waals surface area contributed by atoms with Crippen molar-refractivity contribution >= 4 is 26.0 Å². The number of aliphatic hydroxyl groups excluding tert-OH is 1. The molecule has 1 aliphatic rings. The Morgan fingerprint density at radius 3 is 2.79 bits per heavy atom. The second kappa shape index (κ2) is 5.91. The average molecular weight is 348 g/mol. The van der Waals surface area contributed by atoms with Crippen molar-refractivity contribution < 1.29 is 13.5 Å². The highest BCUT2D eigenvalue weighted by molar-refractivity contribution is 9.10. The molecule has 6 heteroatoms. The smallest absolute Gasteiger partial charge is 0.241 e. The Morgan fingerprint density at radius 2 is 2.16 bits per heavy atom. The van der Waals surface area contributed by atoms with E-state index in [1.54, 1.807) is 12.1 Å². The van der Waals surface area contributed by atoms with Crippen LogP contribution >= 0.6 is 15.9 Å². The Bertz CT molecular complexity index is 559. The van der Waals surface area contributed by atoms with E-state index in [1.807, 2.05) is 13.0 Å². The third-order valence-corrected chi connectivity index (χ3v) is 6.38. The van der Waals surface area contributed by atoms with Gasteiger partial charge in [0.15, 0.2) is 0 Å². The van der Waals surface area contributed by atoms with Gasteiger partial charge in [-0.05, 0) is 53.2 Å². The maximum atomic E-state index is 12.2. The Balaban J connectivity index is 2.12. The molecular weight excluding hydrogens is 330 g/mol. The number of aliphatic hydroxyl groups is 1. The van der Waals surface area contributed by atoms with Crippen molar-refractivity contribution in [2.45, 2.75) is 37.2 Å². The highest BCUT2D eigenvalue weighted by Gasteiger charge is 2.27. The number of benzene rings is 1. The van der Waals surface area contributed by atoms with Crippen molar-refractivity contribution in [3.63, 3.8) is 0 Å². The zero-order valence-corrected chi connectivity index (χ0v) is 13.2. The summed E-state index contributed by atoms with van der Waals surface area (Å²) in [6.07, 6.45) is 2.21. The highest BCUT2D eigenvalue weighted by Crippen LogP contribution is 2.27. The molecule has 4 nitrogen and oxygen atoms in total.